The Hall–Kier alpha value is -1.26. The van der Waals surface area contributed by atoms with Crippen LogP contribution in [0.25, 0.3) is 0 Å². The van der Waals surface area contributed by atoms with Crippen molar-refractivity contribution >= 4 is 5.69 Å². The van der Waals surface area contributed by atoms with Crippen LogP contribution in [0.15, 0.2) is 18.2 Å². The fraction of sp³-hybridized carbons (Fsp3) is 0.250. The molecule has 1 aromatic rings. The van der Waals surface area contributed by atoms with Crippen LogP contribution in [-0.2, 0) is 17.1 Å². The van der Waals surface area contributed by atoms with Crippen molar-refractivity contribution in [1.82, 2.24) is 0 Å². The standard InChI is InChI=1S/C8H9NO4.Fe/c1-12-6-3-4-8(13-2)7(5-6)9(10)11;/h3-5H,1-2H3;. The molecule has 0 atom stereocenters. The molecule has 78 valence electrons. The summed E-state index contributed by atoms with van der Waals surface area (Å²) in [5.41, 5.74) is -0.0955. The first-order chi connectivity index (χ1) is 6.19. The van der Waals surface area contributed by atoms with Gasteiger partial charge in [0.15, 0.2) is 5.75 Å². The summed E-state index contributed by atoms with van der Waals surface area (Å²) >= 11 is 0. The van der Waals surface area contributed by atoms with E-state index >= 15 is 0 Å². The third-order valence-corrected chi connectivity index (χ3v) is 1.58. The number of ether oxygens (including phenoxy) is 2. The van der Waals surface area contributed by atoms with E-state index in [1.54, 1.807) is 6.07 Å². The molecule has 0 heterocycles. The molecule has 0 unspecified atom stereocenters. The summed E-state index contributed by atoms with van der Waals surface area (Å²) in [7, 11) is 2.83. The average Bonchev–Trinajstić information content (AvgIpc) is 2.16. The molecule has 1 rings (SSSR count). The molecule has 0 bridgehead atoms. The van der Waals surface area contributed by atoms with E-state index in [9.17, 15) is 10.1 Å². The van der Waals surface area contributed by atoms with Crippen LogP contribution in [0.3, 0.4) is 0 Å². The van der Waals surface area contributed by atoms with E-state index in [1.807, 2.05) is 0 Å². The molecule has 6 heteroatoms. The molecule has 0 saturated carbocycles. The summed E-state index contributed by atoms with van der Waals surface area (Å²) in [6.07, 6.45) is 0. The molecule has 0 aromatic heterocycles. The second-order valence-corrected chi connectivity index (χ2v) is 2.29. The molecular formula is C8H9FeNO4. The van der Waals surface area contributed by atoms with Crippen LogP contribution in [0.1, 0.15) is 0 Å². The van der Waals surface area contributed by atoms with E-state index in [1.165, 1.54) is 26.4 Å². The summed E-state index contributed by atoms with van der Waals surface area (Å²) in [6, 6.07) is 4.42. The minimum Gasteiger partial charge on any atom is -0.496 e. The third-order valence-electron chi connectivity index (χ3n) is 1.58. The first-order valence-corrected chi connectivity index (χ1v) is 3.55. The molecule has 0 amide bonds. The summed E-state index contributed by atoms with van der Waals surface area (Å²) in [4.78, 5) is 10.0. The molecule has 0 saturated heterocycles. The fourth-order valence-electron chi connectivity index (χ4n) is 0.939. The van der Waals surface area contributed by atoms with Crippen molar-refractivity contribution in [1.29, 1.82) is 0 Å². The smallest absolute Gasteiger partial charge is 0.314 e. The van der Waals surface area contributed by atoms with E-state index in [-0.39, 0.29) is 28.5 Å². The molecule has 14 heavy (non-hydrogen) atoms. The molecule has 0 fully saturated rings. The van der Waals surface area contributed by atoms with Crippen molar-refractivity contribution in [2.45, 2.75) is 0 Å². The SMILES string of the molecule is COc1ccc(OC)c([N+](=O)[O-])c1.[Fe]. The fourth-order valence-corrected chi connectivity index (χ4v) is 0.939. The van der Waals surface area contributed by atoms with Crippen molar-refractivity contribution in [3.8, 4) is 11.5 Å². The first kappa shape index (κ1) is 12.7. The van der Waals surface area contributed by atoms with Crippen molar-refractivity contribution in [2.75, 3.05) is 14.2 Å². The molecule has 0 N–H and O–H groups in total. The van der Waals surface area contributed by atoms with Crippen LogP contribution in [0.4, 0.5) is 5.69 Å². The summed E-state index contributed by atoms with van der Waals surface area (Å²) < 4.78 is 9.65. The van der Waals surface area contributed by atoms with Gasteiger partial charge in [-0.15, -0.1) is 0 Å². The van der Waals surface area contributed by atoms with Gasteiger partial charge in [0, 0.05) is 17.1 Å². The second-order valence-electron chi connectivity index (χ2n) is 2.29. The zero-order valence-corrected chi connectivity index (χ0v) is 8.77. The van der Waals surface area contributed by atoms with Crippen molar-refractivity contribution < 1.29 is 31.5 Å². The molecule has 0 aliphatic heterocycles. The maximum absolute atomic E-state index is 10.5. The van der Waals surface area contributed by atoms with E-state index in [4.69, 9.17) is 9.47 Å². The van der Waals surface area contributed by atoms with Gasteiger partial charge in [0.05, 0.1) is 25.2 Å². The topological polar surface area (TPSA) is 61.6 Å². The van der Waals surface area contributed by atoms with Crippen LogP contribution >= 0.6 is 0 Å². The zero-order chi connectivity index (χ0) is 9.84. The van der Waals surface area contributed by atoms with Gasteiger partial charge in [0.2, 0.25) is 0 Å². The van der Waals surface area contributed by atoms with Gasteiger partial charge >= 0.3 is 5.69 Å². The van der Waals surface area contributed by atoms with Gasteiger partial charge < -0.3 is 9.47 Å². The van der Waals surface area contributed by atoms with Crippen LogP contribution in [0, 0.1) is 10.1 Å². The van der Waals surface area contributed by atoms with Crippen LogP contribution in [-0.4, -0.2) is 19.1 Å². The molecular weight excluding hydrogens is 230 g/mol. The summed E-state index contributed by atoms with van der Waals surface area (Å²) in [6.45, 7) is 0. The van der Waals surface area contributed by atoms with Crippen molar-refractivity contribution in [2.24, 2.45) is 0 Å². The number of nitro benzene ring substituents is 1. The Bertz CT molecular complexity index is 329. The Kier molecular flexibility index (Phi) is 4.97. The average molecular weight is 239 g/mol. The van der Waals surface area contributed by atoms with Gasteiger partial charge in [-0.05, 0) is 12.1 Å². The maximum atomic E-state index is 10.5. The number of rotatable bonds is 3. The predicted octanol–water partition coefficient (Wildman–Crippen LogP) is 1.61. The van der Waals surface area contributed by atoms with E-state index < -0.39 is 4.92 Å². The monoisotopic (exact) mass is 239 g/mol. The van der Waals surface area contributed by atoms with Crippen LogP contribution < -0.4 is 9.47 Å². The Morgan fingerprint density at radius 2 is 1.93 bits per heavy atom. The van der Waals surface area contributed by atoms with Crippen molar-refractivity contribution in [3.63, 3.8) is 0 Å². The number of hydrogen-bond donors (Lipinski definition) is 0. The summed E-state index contributed by atoms with van der Waals surface area (Å²) in [5, 5.41) is 10.5. The quantitative estimate of drug-likeness (QED) is 0.456. The first-order valence-electron chi connectivity index (χ1n) is 3.55. The molecule has 5 nitrogen and oxygen atoms in total. The Morgan fingerprint density at radius 1 is 1.29 bits per heavy atom. The molecule has 1 aromatic carbocycles. The van der Waals surface area contributed by atoms with E-state index in [0.29, 0.717) is 5.75 Å². The van der Waals surface area contributed by atoms with E-state index in [2.05, 4.69) is 0 Å². The number of methoxy groups -OCH3 is 2. The number of nitro groups is 1. The molecule has 0 radical (unpaired) electrons. The summed E-state index contributed by atoms with van der Waals surface area (Å²) in [5.74, 6) is 0.665. The maximum Gasteiger partial charge on any atom is 0.314 e. The van der Waals surface area contributed by atoms with E-state index in [0.717, 1.165) is 0 Å². The van der Waals surface area contributed by atoms with Gasteiger partial charge in [-0.1, -0.05) is 0 Å². The van der Waals surface area contributed by atoms with Crippen LogP contribution in [0.2, 0.25) is 0 Å². The largest absolute Gasteiger partial charge is 0.496 e. The minimum absolute atomic E-state index is 0. The van der Waals surface area contributed by atoms with Gasteiger partial charge in [-0.2, -0.15) is 0 Å². The molecule has 0 aliphatic rings. The van der Waals surface area contributed by atoms with Crippen LogP contribution in [0.5, 0.6) is 11.5 Å². The Balaban J connectivity index is 0.00000169. The minimum atomic E-state index is -0.513. The van der Waals surface area contributed by atoms with Crippen molar-refractivity contribution in [3.05, 3.63) is 28.3 Å². The molecule has 0 aliphatic carbocycles. The van der Waals surface area contributed by atoms with Gasteiger partial charge in [0.25, 0.3) is 0 Å². The Labute approximate surface area is 91.6 Å². The number of nitrogens with zero attached hydrogens (tertiary/aromatic N) is 1. The predicted molar refractivity (Wildman–Crippen MR) is 46.2 cm³/mol. The second kappa shape index (κ2) is 5.47. The third kappa shape index (κ3) is 2.61. The zero-order valence-electron chi connectivity index (χ0n) is 7.67. The van der Waals surface area contributed by atoms with Gasteiger partial charge in [0.1, 0.15) is 5.75 Å². The van der Waals surface area contributed by atoms with Gasteiger partial charge in [-0.25, -0.2) is 0 Å². The normalized spacial score (nSPS) is 8.71. The Morgan fingerprint density at radius 3 is 2.36 bits per heavy atom. The molecule has 0 spiro atoms. The van der Waals surface area contributed by atoms with Gasteiger partial charge in [-0.3, -0.25) is 10.1 Å². The number of hydrogen-bond acceptors (Lipinski definition) is 4. The number of benzene rings is 1.